The first-order valence-electron chi connectivity index (χ1n) is 5.36. The highest BCUT2D eigenvalue weighted by Crippen LogP contribution is 2.22. The summed E-state index contributed by atoms with van der Waals surface area (Å²) in [5.41, 5.74) is 7.58. The number of carbonyl (C=O) groups is 1. The molecule has 0 unspecified atom stereocenters. The number of nitrogens with two attached hydrogens (primary N) is 1. The average molecular weight is 232 g/mol. The molecule has 0 saturated carbocycles. The van der Waals surface area contributed by atoms with E-state index in [1.807, 2.05) is 13.0 Å². The minimum Gasteiger partial charge on any atom is -0.397 e. The Morgan fingerprint density at radius 2 is 2.29 bits per heavy atom. The predicted octanol–water partition coefficient (Wildman–Crippen LogP) is 0.713. The molecule has 90 valence electrons. The highest BCUT2D eigenvalue weighted by atomic mass is 16.2. The fraction of sp³-hybridized carbons (Fsp3) is 0.333. The molecule has 0 aromatic heterocycles. The van der Waals surface area contributed by atoms with Crippen molar-refractivity contribution >= 4 is 17.3 Å². The zero-order chi connectivity index (χ0) is 12.8. The number of hydrogen-bond acceptors (Lipinski definition) is 4. The SMILES string of the molecule is CCNC(=O)CN(C)c1cc(C#N)ccc1N. The van der Waals surface area contributed by atoms with Crippen LogP contribution in [0, 0.1) is 11.3 Å². The highest BCUT2D eigenvalue weighted by Gasteiger charge is 2.10. The van der Waals surface area contributed by atoms with Gasteiger partial charge in [-0.15, -0.1) is 0 Å². The van der Waals surface area contributed by atoms with Crippen molar-refractivity contribution in [3.05, 3.63) is 23.8 Å². The third-order valence-corrected chi connectivity index (χ3v) is 2.33. The fourth-order valence-corrected chi connectivity index (χ4v) is 1.50. The van der Waals surface area contributed by atoms with Gasteiger partial charge in [0.05, 0.1) is 29.6 Å². The molecule has 1 amide bonds. The van der Waals surface area contributed by atoms with Gasteiger partial charge in [-0.3, -0.25) is 4.79 Å². The number of nitrogens with one attached hydrogen (secondary N) is 1. The van der Waals surface area contributed by atoms with E-state index in [1.54, 1.807) is 30.1 Å². The molecule has 0 spiro atoms. The summed E-state index contributed by atoms with van der Waals surface area (Å²) in [6, 6.07) is 7.04. The number of nitrogens with zero attached hydrogens (tertiary/aromatic N) is 2. The minimum atomic E-state index is -0.0724. The lowest BCUT2D eigenvalue weighted by Gasteiger charge is -2.20. The molecule has 0 heterocycles. The highest BCUT2D eigenvalue weighted by molar-refractivity contribution is 5.83. The number of likely N-dealkylation sites (N-methyl/N-ethyl adjacent to an activating group) is 2. The van der Waals surface area contributed by atoms with Gasteiger partial charge in [0.1, 0.15) is 0 Å². The normalized spacial score (nSPS) is 9.47. The zero-order valence-corrected chi connectivity index (χ0v) is 10.0. The Labute approximate surface area is 101 Å². The van der Waals surface area contributed by atoms with Crippen LogP contribution in [0.3, 0.4) is 0 Å². The Hall–Kier alpha value is -2.22. The van der Waals surface area contributed by atoms with Crippen LogP contribution in [0.25, 0.3) is 0 Å². The largest absolute Gasteiger partial charge is 0.397 e. The zero-order valence-electron chi connectivity index (χ0n) is 10.0. The van der Waals surface area contributed by atoms with Crippen LogP contribution in [-0.2, 0) is 4.79 Å². The monoisotopic (exact) mass is 232 g/mol. The number of rotatable bonds is 4. The quantitative estimate of drug-likeness (QED) is 0.749. The van der Waals surface area contributed by atoms with E-state index in [1.165, 1.54) is 0 Å². The van der Waals surface area contributed by atoms with Crippen LogP contribution in [0.4, 0.5) is 11.4 Å². The van der Waals surface area contributed by atoms with Crippen LogP contribution in [0.15, 0.2) is 18.2 Å². The van der Waals surface area contributed by atoms with Crippen LogP contribution in [0.1, 0.15) is 12.5 Å². The van der Waals surface area contributed by atoms with E-state index in [-0.39, 0.29) is 12.5 Å². The van der Waals surface area contributed by atoms with Crippen LogP contribution in [-0.4, -0.2) is 26.0 Å². The molecule has 1 aromatic carbocycles. The van der Waals surface area contributed by atoms with Gasteiger partial charge in [-0.05, 0) is 25.1 Å². The van der Waals surface area contributed by atoms with Crippen LogP contribution >= 0.6 is 0 Å². The van der Waals surface area contributed by atoms with Crippen LogP contribution in [0.2, 0.25) is 0 Å². The van der Waals surface area contributed by atoms with Gasteiger partial charge >= 0.3 is 0 Å². The lowest BCUT2D eigenvalue weighted by molar-refractivity contribution is -0.119. The van der Waals surface area contributed by atoms with Crippen LogP contribution < -0.4 is 16.0 Å². The molecular formula is C12H16N4O. The van der Waals surface area contributed by atoms with Gasteiger partial charge < -0.3 is 16.0 Å². The Morgan fingerprint density at radius 3 is 2.88 bits per heavy atom. The van der Waals surface area contributed by atoms with E-state index < -0.39 is 0 Å². The Morgan fingerprint density at radius 1 is 1.59 bits per heavy atom. The second kappa shape index (κ2) is 5.75. The van der Waals surface area contributed by atoms with E-state index >= 15 is 0 Å². The van der Waals surface area contributed by atoms with Crippen molar-refractivity contribution in [2.45, 2.75) is 6.92 Å². The van der Waals surface area contributed by atoms with Gasteiger partial charge in [-0.25, -0.2) is 0 Å². The van der Waals surface area contributed by atoms with Crippen molar-refractivity contribution in [3.63, 3.8) is 0 Å². The number of anilines is 2. The lowest BCUT2D eigenvalue weighted by Crippen LogP contribution is -2.35. The molecule has 1 rings (SSSR count). The molecule has 0 aliphatic carbocycles. The molecule has 3 N–H and O–H groups in total. The predicted molar refractivity (Wildman–Crippen MR) is 67.5 cm³/mol. The summed E-state index contributed by atoms with van der Waals surface area (Å²) in [5, 5.41) is 11.5. The second-order valence-corrected chi connectivity index (χ2v) is 3.69. The van der Waals surface area contributed by atoms with E-state index in [4.69, 9.17) is 11.0 Å². The van der Waals surface area contributed by atoms with Gasteiger partial charge in [0.15, 0.2) is 0 Å². The van der Waals surface area contributed by atoms with Gasteiger partial charge in [0, 0.05) is 13.6 Å². The summed E-state index contributed by atoms with van der Waals surface area (Å²) in [6.45, 7) is 2.68. The summed E-state index contributed by atoms with van der Waals surface area (Å²) in [6.07, 6.45) is 0. The van der Waals surface area contributed by atoms with Gasteiger partial charge in [-0.2, -0.15) is 5.26 Å². The van der Waals surface area contributed by atoms with Gasteiger partial charge in [0.25, 0.3) is 0 Å². The van der Waals surface area contributed by atoms with Crippen molar-refractivity contribution in [1.29, 1.82) is 5.26 Å². The van der Waals surface area contributed by atoms with Crippen molar-refractivity contribution in [1.82, 2.24) is 5.32 Å². The molecule has 0 aliphatic rings. The molecule has 0 saturated heterocycles. The molecule has 0 atom stereocenters. The molecule has 0 fully saturated rings. The van der Waals surface area contributed by atoms with Crippen molar-refractivity contribution in [3.8, 4) is 6.07 Å². The molecule has 0 radical (unpaired) electrons. The summed E-state index contributed by atoms with van der Waals surface area (Å²) in [7, 11) is 1.77. The van der Waals surface area contributed by atoms with Crippen molar-refractivity contribution in [2.75, 3.05) is 30.8 Å². The van der Waals surface area contributed by atoms with E-state index in [0.717, 1.165) is 0 Å². The molecular weight excluding hydrogens is 216 g/mol. The molecule has 5 nitrogen and oxygen atoms in total. The second-order valence-electron chi connectivity index (χ2n) is 3.69. The summed E-state index contributed by atoms with van der Waals surface area (Å²) in [4.78, 5) is 13.2. The van der Waals surface area contributed by atoms with Crippen molar-refractivity contribution in [2.24, 2.45) is 0 Å². The number of nitriles is 1. The summed E-state index contributed by atoms with van der Waals surface area (Å²) >= 11 is 0. The first-order chi connectivity index (χ1) is 8.08. The third kappa shape index (κ3) is 3.38. The van der Waals surface area contributed by atoms with Gasteiger partial charge in [-0.1, -0.05) is 0 Å². The summed E-state index contributed by atoms with van der Waals surface area (Å²) < 4.78 is 0. The van der Waals surface area contributed by atoms with Crippen LogP contribution in [0.5, 0.6) is 0 Å². The minimum absolute atomic E-state index is 0.0724. The maximum absolute atomic E-state index is 11.4. The maximum atomic E-state index is 11.4. The number of nitrogen functional groups attached to an aromatic ring is 1. The first kappa shape index (κ1) is 12.8. The lowest BCUT2D eigenvalue weighted by atomic mass is 10.1. The molecule has 0 aliphatic heterocycles. The van der Waals surface area contributed by atoms with E-state index in [9.17, 15) is 4.79 Å². The molecule has 1 aromatic rings. The number of carbonyl (C=O) groups excluding carboxylic acids is 1. The Balaban J connectivity index is 2.85. The molecule has 0 bridgehead atoms. The van der Waals surface area contributed by atoms with E-state index in [2.05, 4.69) is 5.32 Å². The first-order valence-corrected chi connectivity index (χ1v) is 5.36. The molecule has 5 heteroatoms. The van der Waals surface area contributed by atoms with Crippen molar-refractivity contribution < 1.29 is 4.79 Å². The smallest absolute Gasteiger partial charge is 0.239 e. The number of hydrogen-bond donors (Lipinski definition) is 2. The Bertz CT molecular complexity index is 450. The topological polar surface area (TPSA) is 82.2 Å². The van der Waals surface area contributed by atoms with Gasteiger partial charge in [0.2, 0.25) is 5.91 Å². The summed E-state index contributed by atoms with van der Waals surface area (Å²) in [5.74, 6) is -0.0724. The average Bonchev–Trinajstić information content (AvgIpc) is 2.29. The Kier molecular flexibility index (Phi) is 4.35. The number of amides is 1. The number of benzene rings is 1. The van der Waals surface area contributed by atoms with E-state index in [0.29, 0.717) is 23.5 Å². The molecule has 17 heavy (non-hydrogen) atoms. The maximum Gasteiger partial charge on any atom is 0.239 e. The third-order valence-electron chi connectivity index (χ3n) is 2.33. The fourth-order valence-electron chi connectivity index (χ4n) is 1.50. The standard InChI is InChI=1S/C12H16N4O/c1-3-15-12(17)8-16(2)11-6-9(7-13)4-5-10(11)14/h4-6H,3,8,14H2,1-2H3,(H,15,17).